The molecular weight excluding hydrogens is 320 g/mol. The van der Waals surface area contributed by atoms with E-state index in [1.807, 2.05) is 32.0 Å². The molecule has 0 unspecified atom stereocenters. The van der Waals surface area contributed by atoms with Gasteiger partial charge in [-0.2, -0.15) is 4.98 Å². The van der Waals surface area contributed by atoms with Crippen LogP contribution >= 0.6 is 0 Å². The molecule has 0 fully saturated rings. The van der Waals surface area contributed by atoms with E-state index in [0.717, 1.165) is 24.0 Å². The predicted octanol–water partition coefficient (Wildman–Crippen LogP) is 3.23. The van der Waals surface area contributed by atoms with Crippen LogP contribution in [-0.4, -0.2) is 45.9 Å². The number of aliphatic hydroxyl groups excluding tert-OH is 1. The summed E-state index contributed by atoms with van der Waals surface area (Å²) in [7, 11) is 0. The van der Waals surface area contributed by atoms with Gasteiger partial charge in [-0.3, -0.25) is 0 Å². The number of nitrogens with zero attached hydrogens (tertiary/aromatic N) is 3. The van der Waals surface area contributed by atoms with Gasteiger partial charge in [0.25, 0.3) is 5.89 Å². The van der Waals surface area contributed by atoms with Crippen LogP contribution in [0, 0.1) is 6.92 Å². The number of carbonyl (C=O) groups is 1. The summed E-state index contributed by atoms with van der Waals surface area (Å²) in [6.45, 7) is 6.82. The van der Waals surface area contributed by atoms with Crippen LogP contribution in [0.25, 0.3) is 11.5 Å². The number of nitrogens with one attached hydrogen (secondary N) is 1. The number of unbranched alkanes of at least 4 members (excludes halogenated alkanes) is 1. The first-order chi connectivity index (χ1) is 12.1. The first kappa shape index (κ1) is 18.9. The first-order valence-corrected chi connectivity index (χ1v) is 8.69. The van der Waals surface area contributed by atoms with Crippen LogP contribution in [0.5, 0.6) is 0 Å². The minimum Gasteiger partial charge on any atom is -0.395 e. The summed E-state index contributed by atoms with van der Waals surface area (Å²) >= 11 is 0. The van der Waals surface area contributed by atoms with Gasteiger partial charge in [0.1, 0.15) is 0 Å². The van der Waals surface area contributed by atoms with Crippen molar-refractivity contribution in [3.05, 3.63) is 29.6 Å². The van der Waals surface area contributed by atoms with Gasteiger partial charge in [0, 0.05) is 30.8 Å². The maximum Gasteiger partial charge on any atom is 0.321 e. The van der Waals surface area contributed by atoms with Crippen molar-refractivity contribution in [2.45, 2.75) is 40.0 Å². The second-order valence-corrected chi connectivity index (χ2v) is 5.89. The molecule has 0 spiro atoms. The van der Waals surface area contributed by atoms with Crippen molar-refractivity contribution in [3.8, 4) is 11.5 Å². The van der Waals surface area contributed by atoms with Gasteiger partial charge in [-0.15, -0.1) is 0 Å². The standard InChI is InChI=1S/C18H26N4O3/c1-4-6-9-22(10-11-23)18(24)19-15-12-14(8-7-13(15)3)17-20-16(5-2)21-25-17/h7-8,12,23H,4-6,9-11H2,1-3H3,(H,19,24). The van der Waals surface area contributed by atoms with E-state index in [0.29, 0.717) is 36.9 Å². The molecule has 0 saturated heterocycles. The van der Waals surface area contributed by atoms with Crippen LogP contribution in [0.15, 0.2) is 22.7 Å². The Kier molecular flexibility index (Phi) is 6.94. The number of amides is 2. The quantitative estimate of drug-likeness (QED) is 0.765. The van der Waals surface area contributed by atoms with Crippen molar-refractivity contribution in [1.82, 2.24) is 15.0 Å². The van der Waals surface area contributed by atoms with E-state index in [2.05, 4.69) is 22.4 Å². The molecule has 136 valence electrons. The topological polar surface area (TPSA) is 91.5 Å². The highest BCUT2D eigenvalue weighted by Gasteiger charge is 2.15. The molecule has 0 saturated carbocycles. The Morgan fingerprint density at radius 1 is 1.32 bits per heavy atom. The van der Waals surface area contributed by atoms with E-state index in [9.17, 15) is 9.90 Å². The predicted molar refractivity (Wildman–Crippen MR) is 96.4 cm³/mol. The maximum absolute atomic E-state index is 12.5. The summed E-state index contributed by atoms with van der Waals surface area (Å²) in [5.41, 5.74) is 2.39. The number of benzene rings is 1. The van der Waals surface area contributed by atoms with E-state index < -0.39 is 0 Å². The van der Waals surface area contributed by atoms with Crippen LogP contribution in [0.1, 0.15) is 38.1 Å². The first-order valence-electron chi connectivity index (χ1n) is 8.69. The summed E-state index contributed by atoms with van der Waals surface area (Å²) in [6, 6.07) is 5.41. The van der Waals surface area contributed by atoms with Crippen LogP contribution in [0.4, 0.5) is 10.5 Å². The van der Waals surface area contributed by atoms with Crippen LogP contribution in [0.2, 0.25) is 0 Å². The highest BCUT2D eigenvalue weighted by molar-refractivity contribution is 5.91. The molecule has 1 aromatic heterocycles. The third-order valence-electron chi connectivity index (χ3n) is 3.95. The Bertz CT molecular complexity index is 699. The largest absolute Gasteiger partial charge is 0.395 e. The van der Waals surface area contributed by atoms with Crippen LogP contribution in [0.3, 0.4) is 0 Å². The van der Waals surface area contributed by atoms with Crippen molar-refractivity contribution in [1.29, 1.82) is 0 Å². The van der Waals surface area contributed by atoms with Gasteiger partial charge in [0.05, 0.1) is 6.61 Å². The molecule has 2 aromatic rings. The molecule has 2 N–H and O–H groups in total. The minimum atomic E-state index is -0.220. The lowest BCUT2D eigenvalue weighted by molar-refractivity contribution is 0.187. The molecule has 2 amide bonds. The number of aromatic nitrogens is 2. The third-order valence-corrected chi connectivity index (χ3v) is 3.95. The Labute approximate surface area is 148 Å². The Morgan fingerprint density at radius 3 is 2.76 bits per heavy atom. The molecule has 0 bridgehead atoms. The molecule has 0 aliphatic carbocycles. The Morgan fingerprint density at radius 2 is 2.12 bits per heavy atom. The number of hydrogen-bond donors (Lipinski definition) is 2. The molecule has 0 radical (unpaired) electrons. The molecule has 7 nitrogen and oxygen atoms in total. The maximum atomic E-state index is 12.5. The van der Waals surface area contributed by atoms with Crippen molar-refractivity contribution < 1.29 is 14.4 Å². The van der Waals surface area contributed by atoms with E-state index in [1.165, 1.54) is 0 Å². The highest BCUT2D eigenvalue weighted by Crippen LogP contribution is 2.24. The second-order valence-electron chi connectivity index (χ2n) is 5.89. The van der Waals surface area contributed by atoms with Crippen molar-refractivity contribution in [2.75, 3.05) is 25.0 Å². The third kappa shape index (κ3) is 5.03. The molecular formula is C18H26N4O3. The zero-order chi connectivity index (χ0) is 18.2. The molecule has 1 heterocycles. The molecule has 0 atom stereocenters. The summed E-state index contributed by atoms with van der Waals surface area (Å²) in [4.78, 5) is 18.5. The second kappa shape index (κ2) is 9.17. The van der Waals surface area contributed by atoms with E-state index in [4.69, 9.17) is 4.52 Å². The van der Waals surface area contributed by atoms with Gasteiger partial charge >= 0.3 is 6.03 Å². The van der Waals surface area contributed by atoms with Gasteiger partial charge in [-0.25, -0.2) is 4.79 Å². The fourth-order valence-electron chi connectivity index (χ4n) is 2.38. The normalized spacial score (nSPS) is 10.7. The molecule has 0 aliphatic heterocycles. The fraction of sp³-hybridized carbons (Fsp3) is 0.500. The van der Waals surface area contributed by atoms with Crippen LogP contribution < -0.4 is 5.32 Å². The lowest BCUT2D eigenvalue weighted by Gasteiger charge is -2.22. The monoisotopic (exact) mass is 346 g/mol. The summed E-state index contributed by atoms with van der Waals surface area (Å²) in [5.74, 6) is 1.08. The average molecular weight is 346 g/mol. The molecule has 1 aromatic carbocycles. The number of urea groups is 1. The van der Waals surface area contributed by atoms with Crippen molar-refractivity contribution in [2.24, 2.45) is 0 Å². The van der Waals surface area contributed by atoms with E-state index in [-0.39, 0.29) is 12.6 Å². The number of hydrogen-bond acceptors (Lipinski definition) is 5. The zero-order valence-corrected chi connectivity index (χ0v) is 15.1. The lowest BCUT2D eigenvalue weighted by atomic mass is 10.1. The van der Waals surface area contributed by atoms with Crippen molar-refractivity contribution in [3.63, 3.8) is 0 Å². The average Bonchev–Trinajstić information content (AvgIpc) is 3.09. The molecule has 0 aliphatic rings. The number of anilines is 1. The Balaban J connectivity index is 2.17. The lowest BCUT2D eigenvalue weighted by Crippen LogP contribution is -2.37. The van der Waals surface area contributed by atoms with E-state index >= 15 is 0 Å². The smallest absolute Gasteiger partial charge is 0.321 e. The Hall–Kier alpha value is -2.41. The van der Waals surface area contributed by atoms with Crippen molar-refractivity contribution >= 4 is 11.7 Å². The van der Waals surface area contributed by atoms with E-state index in [1.54, 1.807) is 4.90 Å². The van der Waals surface area contributed by atoms with Gasteiger partial charge in [-0.1, -0.05) is 31.5 Å². The minimum absolute atomic E-state index is 0.0576. The summed E-state index contributed by atoms with van der Waals surface area (Å²) in [5, 5.41) is 16.0. The SMILES string of the molecule is CCCCN(CCO)C(=O)Nc1cc(-c2nc(CC)no2)ccc1C. The molecule has 25 heavy (non-hydrogen) atoms. The summed E-state index contributed by atoms with van der Waals surface area (Å²) in [6.07, 6.45) is 2.58. The number of aliphatic hydroxyl groups is 1. The number of aryl methyl sites for hydroxylation is 2. The van der Waals surface area contributed by atoms with Gasteiger partial charge in [-0.05, 0) is 31.0 Å². The highest BCUT2D eigenvalue weighted by atomic mass is 16.5. The summed E-state index contributed by atoms with van der Waals surface area (Å²) < 4.78 is 5.26. The zero-order valence-electron chi connectivity index (χ0n) is 15.1. The van der Waals surface area contributed by atoms with Gasteiger partial charge in [0.2, 0.25) is 0 Å². The van der Waals surface area contributed by atoms with Gasteiger partial charge < -0.3 is 19.8 Å². The molecule has 7 heteroatoms. The number of rotatable bonds is 8. The van der Waals surface area contributed by atoms with Crippen LogP contribution in [-0.2, 0) is 6.42 Å². The molecule has 2 rings (SSSR count). The fourth-order valence-corrected chi connectivity index (χ4v) is 2.38. The number of carbonyl (C=O) groups excluding carboxylic acids is 1. The van der Waals surface area contributed by atoms with Gasteiger partial charge in [0.15, 0.2) is 5.82 Å².